The number of aliphatic hydroxyl groups is 3. The minimum Gasteiger partial charge on any atom is -0.420 e. The van der Waals surface area contributed by atoms with Gasteiger partial charge in [-0.25, -0.2) is 9.78 Å². The first-order chi connectivity index (χ1) is 11.5. The van der Waals surface area contributed by atoms with E-state index in [0.29, 0.717) is 5.88 Å². The molecule has 4 atom stereocenters. The van der Waals surface area contributed by atoms with E-state index in [0.717, 1.165) is 10.3 Å². The highest BCUT2D eigenvalue weighted by molar-refractivity contribution is 5.20. The standard InChI is InChI=1S/C15H17N3O6/c1-8-3-2-4-10(16-8)24-11-5-6-18(15(22)17-11)14-13(21)12(20)9(7-19)23-14/h2-6,9,12-14,19-21H,7H2,1H3/t9-,12-,13-,14-/m1/s1. The second-order valence-electron chi connectivity index (χ2n) is 5.40. The van der Waals surface area contributed by atoms with Crippen LogP contribution in [-0.4, -0.2) is 54.8 Å². The van der Waals surface area contributed by atoms with Crippen LogP contribution in [0.25, 0.3) is 0 Å². The van der Waals surface area contributed by atoms with Gasteiger partial charge in [0.1, 0.15) is 18.3 Å². The molecule has 0 bridgehead atoms. The molecule has 3 heterocycles. The fraction of sp³-hybridized carbons (Fsp3) is 0.400. The van der Waals surface area contributed by atoms with Crippen molar-refractivity contribution in [2.24, 2.45) is 0 Å². The van der Waals surface area contributed by atoms with E-state index in [1.165, 1.54) is 12.3 Å². The van der Waals surface area contributed by atoms with Crippen LogP contribution in [0.3, 0.4) is 0 Å². The van der Waals surface area contributed by atoms with E-state index in [-0.39, 0.29) is 5.88 Å². The zero-order valence-corrected chi connectivity index (χ0v) is 12.8. The van der Waals surface area contributed by atoms with Crippen molar-refractivity contribution in [1.82, 2.24) is 14.5 Å². The van der Waals surface area contributed by atoms with Crippen molar-refractivity contribution >= 4 is 0 Å². The summed E-state index contributed by atoms with van der Waals surface area (Å²) in [6.45, 7) is 1.33. The number of nitrogens with zero attached hydrogens (tertiary/aromatic N) is 3. The summed E-state index contributed by atoms with van der Waals surface area (Å²) in [5.74, 6) is 0.341. The summed E-state index contributed by atoms with van der Waals surface area (Å²) in [7, 11) is 0. The maximum absolute atomic E-state index is 12.1. The molecule has 1 saturated heterocycles. The molecule has 0 unspecified atom stereocenters. The zero-order chi connectivity index (χ0) is 17.3. The number of aromatic nitrogens is 3. The number of aliphatic hydroxyl groups excluding tert-OH is 3. The fourth-order valence-electron chi connectivity index (χ4n) is 2.44. The molecular formula is C15H17N3O6. The molecule has 9 heteroatoms. The average Bonchev–Trinajstić information content (AvgIpc) is 2.83. The fourth-order valence-corrected chi connectivity index (χ4v) is 2.44. The molecule has 1 aliphatic rings. The highest BCUT2D eigenvalue weighted by Gasteiger charge is 2.43. The minimum atomic E-state index is -1.35. The molecule has 1 aliphatic heterocycles. The Morgan fingerprint density at radius 3 is 2.58 bits per heavy atom. The molecule has 0 aromatic carbocycles. The van der Waals surface area contributed by atoms with Gasteiger partial charge in [-0.15, -0.1) is 0 Å². The molecule has 3 rings (SSSR count). The van der Waals surface area contributed by atoms with Crippen LogP contribution in [-0.2, 0) is 4.74 Å². The molecule has 24 heavy (non-hydrogen) atoms. The number of aryl methyl sites for hydroxylation is 1. The van der Waals surface area contributed by atoms with Crippen molar-refractivity contribution in [1.29, 1.82) is 0 Å². The monoisotopic (exact) mass is 335 g/mol. The summed E-state index contributed by atoms with van der Waals surface area (Å²) in [6.07, 6.45) is -3.42. The van der Waals surface area contributed by atoms with Gasteiger partial charge < -0.3 is 24.8 Å². The first-order valence-corrected chi connectivity index (χ1v) is 7.33. The van der Waals surface area contributed by atoms with Gasteiger partial charge in [0.15, 0.2) is 6.23 Å². The lowest BCUT2D eigenvalue weighted by atomic mass is 10.1. The van der Waals surface area contributed by atoms with Crippen LogP contribution in [0.15, 0.2) is 35.3 Å². The Kier molecular flexibility index (Phi) is 4.58. The maximum atomic E-state index is 12.1. The predicted molar refractivity (Wildman–Crippen MR) is 80.6 cm³/mol. The third kappa shape index (κ3) is 3.15. The van der Waals surface area contributed by atoms with Crippen LogP contribution in [0.5, 0.6) is 11.8 Å². The number of pyridine rings is 1. The van der Waals surface area contributed by atoms with E-state index in [2.05, 4.69) is 9.97 Å². The van der Waals surface area contributed by atoms with Crippen LogP contribution in [0.4, 0.5) is 0 Å². The van der Waals surface area contributed by atoms with Crippen LogP contribution in [0.2, 0.25) is 0 Å². The Morgan fingerprint density at radius 2 is 1.96 bits per heavy atom. The highest BCUT2D eigenvalue weighted by Crippen LogP contribution is 2.28. The molecule has 1 fully saturated rings. The lowest BCUT2D eigenvalue weighted by Gasteiger charge is -2.17. The number of hydrogen-bond donors (Lipinski definition) is 3. The number of hydrogen-bond acceptors (Lipinski definition) is 8. The zero-order valence-electron chi connectivity index (χ0n) is 12.8. The van der Waals surface area contributed by atoms with Gasteiger partial charge in [0, 0.05) is 24.0 Å². The predicted octanol–water partition coefficient (Wildman–Crippen LogP) is -0.649. The summed E-state index contributed by atoms with van der Waals surface area (Å²) in [4.78, 5) is 20.1. The normalized spacial score (nSPS) is 26.5. The van der Waals surface area contributed by atoms with Gasteiger partial charge >= 0.3 is 5.69 Å². The highest BCUT2D eigenvalue weighted by atomic mass is 16.6. The van der Waals surface area contributed by atoms with Crippen LogP contribution in [0.1, 0.15) is 11.9 Å². The molecule has 0 saturated carbocycles. The average molecular weight is 335 g/mol. The van der Waals surface area contributed by atoms with E-state index >= 15 is 0 Å². The SMILES string of the molecule is Cc1cccc(Oc2ccn([C@@H]3O[C@H](CO)[C@@H](O)[C@H]3O)c(=O)n2)n1. The number of rotatable bonds is 4. The molecule has 128 valence electrons. The summed E-state index contributed by atoms with van der Waals surface area (Å²) in [5, 5.41) is 28.8. The van der Waals surface area contributed by atoms with Crippen LogP contribution >= 0.6 is 0 Å². The second-order valence-corrected chi connectivity index (χ2v) is 5.40. The lowest BCUT2D eigenvalue weighted by molar-refractivity contribution is -0.0550. The van der Waals surface area contributed by atoms with Crippen molar-refractivity contribution in [2.45, 2.75) is 31.5 Å². The Hall–Kier alpha value is -2.33. The maximum Gasteiger partial charge on any atom is 0.353 e. The van der Waals surface area contributed by atoms with Crippen LogP contribution < -0.4 is 10.4 Å². The van der Waals surface area contributed by atoms with E-state index < -0.39 is 36.8 Å². The topological polar surface area (TPSA) is 127 Å². The van der Waals surface area contributed by atoms with Crippen molar-refractivity contribution in [2.75, 3.05) is 6.61 Å². The molecule has 0 amide bonds. The van der Waals surface area contributed by atoms with Crippen molar-refractivity contribution in [3.63, 3.8) is 0 Å². The largest absolute Gasteiger partial charge is 0.420 e. The van der Waals surface area contributed by atoms with E-state index in [4.69, 9.17) is 14.6 Å². The summed E-state index contributed by atoms with van der Waals surface area (Å²) in [5.41, 5.74) is 0.0299. The van der Waals surface area contributed by atoms with E-state index in [9.17, 15) is 15.0 Å². The molecule has 0 aliphatic carbocycles. The van der Waals surface area contributed by atoms with Gasteiger partial charge in [-0.1, -0.05) is 6.07 Å². The van der Waals surface area contributed by atoms with Gasteiger partial charge in [0.2, 0.25) is 11.8 Å². The molecule has 2 aromatic heterocycles. The van der Waals surface area contributed by atoms with Gasteiger partial charge in [-0.05, 0) is 13.0 Å². The summed E-state index contributed by atoms with van der Waals surface area (Å²) in [6, 6.07) is 6.62. The smallest absolute Gasteiger partial charge is 0.353 e. The minimum absolute atomic E-state index is 0.0427. The van der Waals surface area contributed by atoms with Gasteiger partial charge in [0.25, 0.3) is 0 Å². The van der Waals surface area contributed by atoms with Crippen molar-refractivity contribution < 1.29 is 24.8 Å². The quantitative estimate of drug-likeness (QED) is 0.673. The lowest BCUT2D eigenvalue weighted by Crippen LogP contribution is -2.35. The molecule has 2 aromatic rings. The molecular weight excluding hydrogens is 318 g/mol. The van der Waals surface area contributed by atoms with Gasteiger partial charge in [-0.3, -0.25) is 4.57 Å². The molecule has 0 spiro atoms. The Bertz CT molecular complexity index is 780. The number of ether oxygens (including phenoxy) is 2. The van der Waals surface area contributed by atoms with E-state index in [1.54, 1.807) is 25.1 Å². The molecule has 0 radical (unpaired) electrons. The molecule has 9 nitrogen and oxygen atoms in total. The van der Waals surface area contributed by atoms with E-state index in [1.807, 2.05) is 0 Å². The van der Waals surface area contributed by atoms with Crippen molar-refractivity contribution in [3.05, 3.63) is 46.6 Å². The van der Waals surface area contributed by atoms with Gasteiger partial charge in [-0.2, -0.15) is 4.98 Å². The molecule has 3 N–H and O–H groups in total. The van der Waals surface area contributed by atoms with Gasteiger partial charge in [0.05, 0.1) is 6.61 Å². The Balaban J connectivity index is 1.82. The Morgan fingerprint density at radius 1 is 1.21 bits per heavy atom. The third-order valence-electron chi connectivity index (χ3n) is 3.67. The second kappa shape index (κ2) is 6.65. The van der Waals surface area contributed by atoms with Crippen LogP contribution in [0, 0.1) is 6.92 Å². The Labute approximate surface area is 136 Å². The summed E-state index contributed by atoms with van der Waals surface area (Å²) >= 11 is 0. The first kappa shape index (κ1) is 16.5. The van der Waals surface area contributed by atoms with Crippen molar-refractivity contribution in [3.8, 4) is 11.8 Å². The summed E-state index contributed by atoms with van der Waals surface area (Å²) < 4.78 is 11.7. The first-order valence-electron chi connectivity index (χ1n) is 7.33. The third-order valence-corrected chi connectivity index (χ3v) is 3.67.